The first-order valence-electron chi connectivity index (χ1n) is 8.96. The van der Waals surface area contributed by atoms with Gasteiger partial charge < -0.3 is 43.4 Å². The number of rotatable bonds is 14. The highest BCUT2D eigenvalue weighted by atomic mass is 16.4. The molecular formula is C16H28N6O8. The zero-order chi connectivity index (χ0) is 23.4. The van der Waals surface area contributed by atoms with Gasteiger partial charge in [-0.15, -0.1) is 0 Å². The maximum atomic E-state index is 12.6. The highest BCUT2D eigenvalue weighted by Crippen LogP contribution is 2.03. The molecule has 0 aromatic carbocycles. The fourth-order valence-corrected chi connectivity index (χ4v) is 2.12. The second-order valence-electron chi connectivity index (χ2n) is 6.49. The van der Waals surface area contributed by atoms with E-state index in [0.717, 1.165) is 0 Å². The van der Waals surface area contributed by atoms with Crippen LogP contribution in [0.3, 0.4) is 0 Å². The molecule has 0 spiro atoms. The number of aliphatic hydroxyl groups is 1. The lowest BCUT2D eigenvalue weighted by molar-refractivity contribution is -0.142. The summed E-state index contributed by atoms with van der Waals surface area (Å²) >= 11 is 0. The molecule has 0 radical (unpaired) electrons. The number of carbonyl (C=O) groups excluding carboxylic acids is 5. The molecular weight excluding hydrogens is 404 g/mol. The highest BCUT2D eigenvalue weighted by molar-refractivity contribution is 5.94. The molecule has 0 rings (SSSR count). The molecule has 5 amide bonds. The second-order valence-corrected chi connectivity index (χ2v) is 6.49. The molecule has 0 aliphatic rings. The van der Waals surface area contributed by atoms with E-state index in [0.29, 0.717) is 0 Å². The normalized spacial score (nSPS) is 14.5. The number of aliphatic hydroxyl groups excluding tert-OH is 1. The molecule has 14 nitrogen and oxygen atoms in total. The lowest BCUT2D eigenvalue weighted by Gasteiger charge is -2.24. The average molecular weight is 432 g/mol. The molecule has 30 heavy (non-hydrogen) atoms. The molecule has 170 valence electrons. The van der Waals surface area contributed by atoms with E-state index in [4.69, 9.17) is 27.4 Å². The molecule has 0 bridgehead atoms. The first-order chi connectivity index (χ1) is 13.9. The van der Waals surface area contributed by atoms with Gasteiger partial charge in [0.25, 0.3) is 0 Å². The van der Waals surface area contributed by atoms with Crippen molar-refractivity contribution < 1.29 is 39.0 Å². The summed E-state index contributed by atoms with van der Waals surface area (Å²) in [4.78, 5) is 69.8. The number of primary amides is 2. The molecule has 0 aliphatic heterocycles. The summed E-state index contributed by atoms with van der Waals surface area (Å²) in [5.41, 5.74) is 15.5. The maximum Gasteiger partial charge on any atom is 0.325 e. The SMILES string of the molecule is CC(NC(=O)C(CCC(N)=O)NC(=O)C(CCC(N)=O)NC(=O)C(N)CO)C(=O)O. The zero-order valence-electron chi connectivity index (χ0n) is 16.4. The summed E-state index contributed by atoms with van der Waals surface area (Å²) < 4.78 is 0. The van der Waals surface area contributed by atoms with Crippen molar-refractivity contribution in [3.63, 3.8) is 0 Å². The molecule has 0 saturated heterocycles. The quantitative estimate of drug-likeness (QED) is 0.131. The summed E-state index contributed by atoms with van der Waals surface area (Å²) in [6.07, 6.45) is -1.07. The van der Waals surface area contributed by atoms with Crippen LogP contribution in [0.15, 0.2) is 0 Å². The van der Waals surface area contributed by atoms with Crippen LogP contribution >= 0.6 is 0 Å². The van der Waals surface area contributed by atoms with Crippen LogP contribution < -0.4 is 33.2 Å². The van der Waals surface area contributed by atoms with Gasteiger partial charge in [-0.3, -0.25) is 28.8 Å². The van der Waals surface area contributed by atoms with Gasteiger partial charge in [0.15, 0.2) is 0 Å². The van der Waals surface area contributed by atoms with Crippen molar-refractivity contribution in [3.8, 4) is 0 Å². The van der Waals surface area contributed by atoms with E-state index in [1.54, 1.807) is 0 Å². The zero-order valence-corrected chi connectivity index (χ0v) is 16.4. The average Bonchev–Trinajstić information content (AvgIpc) is 2.66. The van der Waals surface area contributed by atoms with Crippen molar-refractivity contribution in [2.45, 2.75) is 56.8 Å². The Labute approximate surface area is 171 Å². The van der Waals surface area contributed by atoms with Gasteiger partial charge in [-0.1, -0.05) is 0 Å². The standard InChI is InChI=1S/C16H28N6O8/c1-7(16(29)30)20-14(27)9(2-4-11(18)24)22-15(28)10(3-5-12(19)25)21-13(26)8(17)6-23/h7-10,23H,2-6,17H2,1H3,(H2,18,24)(H2,19,25)(H,20,27)(H,21,26)(H,22,28)(H,29,30). The van der Waals surface area contributed by atoms with Crippen LogP contribution in [0.4, 0.5) is 0 Å². The monoisotopic (exact) mass is 432 g/mol. The molecule has 0 aromatic heterocycles. The van der Waals surface area contributed by atoms with Crippen LogP contribution in [0.5, 0.6) is 0 Å². The molecule has 0 aromatic rings. The van der Waals surface area contributed by atoms with Crippen LogP contribution in [0, 0.1) is 0 Å². The van der Waals surface area contributed by atoms with Gasteiger partial charge in [-0.2, -0.15) is 0 Å². The van der Waals surface area contributed by atoms with Gasteiger partial charge in [-0.05, 0) is 19.8 Å². The second kappa shape index (κ2) is 13.1. The van der Waals surface area contributed by atoms with Crippen molar-refractivity contribution >= 4 is 35.5 Å². The van der Waals surface area contributed by atoms with E-state index in [2.05, 4.69) is 16.0 Å². The molecule has 14 heteroatoms. The number of nitrogens with two attached hydrogens (primary N) is 3. The first kappa shape index (κ1) is 26.7. The van der Waals surface area contributed by atoms with E-state index in [9.17, 15) is 28.8 Å². The van der Waals surface area contributed by atoms with Crippen LogP contribution in [0.1, 0.15) is 32.6 Å². The van der Waals surface area contributed by atoms with E-state index >= 15 is 0 Å². The van der Waals surface area contributed by atoms with Crippen LogP contribution in [-0.2, 0) is 28.8 Å². The fourth-order valence-electron chi connectivity index (χ4n) is 2.12. The third-order valence-electron chi connectivity index (χ3n) is 3.89. The largest absolute Gasteiger partial charge is 0.480 e. The number of carboxylic acid groups (broad SMARTS) is 1. The molecule has 4 unspecified atom stereocenters. The van der Waals surface area contributed by atoms with E-state index in [1.165, 1.54) is 6.92 Å². The Balaban J connectivity index is 5.41. The van der Waals surface area contributed by atoms with Crippen LogP contribution in [0.25, 0.3) is 0 Å². The number of aliphatic carboxylic acids is 1. The predicted molar refractivity (Wildman–Crippen MR) is 101 cm³/mol. The Hall–Kier alpha value is -3.26. The fraction of sp³-hybridized carbons (Fsp3) is 0.625. The number of nitrogens with one attached hydrogen (secondary N) is 3. The van der Waals surface area contributed by atoms with Crippen molar-refractivity contribution in [2.75, 3.05) is 6.61 Å². The Morgan fingerprint density at radius 2 is 1.20 bits per heavy atom. The lowest BCUT2D eigenvalue weighted by Crippen LogP contribution is -2.57. The number of amides is 5. The lowest BCUT2D eigenvalue weighted by atomic mass is 10.1. The van der Waals surface area contributed by atoms with E-state index in [1.807, 2.05) is 0 Å². The Kier molecular flexibility index (Phi) is 11.6. The third kappa shape index (κ3) is 10.3. The number of carboxylic acids is 1. The minimum atomic E-state index is -1.36. The maximum absolute atomic E-state index is 12.6. The Morgan fingerprint density at radius 3 is 1.57 bits per heavy atom. The van der Waals surface area contributed by atoms with Gasteiger partial charge in [0, 0.05) is 12.8 Å². The van der Waals surface area contributed by atoms with Crippen molar-refractivity contribution in [3.05, 3.63) is 0 Å². The van der Waals surface area contributed by atoms with Crippen LogP contribution in [-0.4, -0.2) is 76.5 Å². The van der Waals surface area contributed by atoms with Gasteiger partial charge in [0.1, 0.15) is 24.2 Å². The highest BCUT2D eigenvalue weighted by Gasteiger charge is 2.29. The summed E-state index contributed by atoms with van der Waals surface area (Å²) in [7, 11) is 0. The Bertz CT molecular complexity index is 670. The molecule has 0 saturated carbocycles. The topological polar surface area (TPSA) is 257 Å². The smallest absolute Gasteiger partial charge is 0.325 e. The molecule has 11 N–H and O–H groups in total. The van der Waals surface area contributed by atoms with Crippen LogP contribution in [0.2, 0.25) is 0 Å². The molecule has 0 fully saturated rings. The summed E-state index contributed by atoms with van der Waals surface area (Å²) in [5, 5.41) is 24.5. The molecule has 0 heterocycles. The minimum absolute atomic E-state index is 0.235. The summed E-state index contributed by atoms with van der Waals surface area (Å²) in [6.45, 7) is 0.492. The van der Waals surface area contributed by atoms with Gasteiger partial charge in [0.2, 0.25) is 29.5 Å². The number of carbonyl (C=O) groups is 6. The summed E-state index contributed by atoms with van der Waals surface area (Å²) in [6, 6.07) is -5.31. The molecule has 4 atom stereocenters. The number of hydrogen-bond donors (Lipinski definition) is 8. The predicted octanol–water partition coefficient (Wildman–Crippen LogP) is -4.60. The van der Waals surface area contributed by atoms with E-state index < -0.39 is 66.3 Å². The Morgan fingerprint density at radius 1 is 0.800 bits per heavy atom. The first-order valence-corrected chi connectivity index (χ1v) is 8.96. The van der Waals surface area contributed by atoms with Gasteiger partial charge in [0.05, 0.1) is 6.61 Å². The van der Waals surface area contributed by atoms with E-state index in [-0.39, 0.29) is 25.7 Å². The summed E-state index contributed by atoms with van der Waals surface area (Å²) in [5.74, 6) is -5.55. The van der Waals surface area contributed by atoms with Crippen molar-refractivity contribution in [1.82, 2.24) is 16.0 Å². The third-order valence-corrected chi connectivity index (χ3v) is 3.89. The van der Waals surface area contributed by atoms with Gasteiger partial charge >= 0.3 is 5.97 Å². The van der Waals surface area contributed by atoms with Crippen molar-refractivity contribution in [1.29, 1.82) is 0 Å². The van der Waals surface area contributed by atoms with Crippen molar-refractivity contribution in [2.24, 2.45) is 17.2 Å². The minimum Gasteiger partial charge on any atom is -0.480 e. The van der Waals surface area contributed by atoms with Gasteiger partial charge in [-0.25, -0.2) is 0 Å². The number of hydrogen-bond acceptors (Lipinski definition) is 8. The molecule has 0 aliphatic carbocycles.